The van der Waals surface area contributed by atoms with Crippen molar-refractivity contribution in [3.05, 3.63) is 71.8 Å². The van der Waals surface area contributed by atoms with Crippen LogP contribution >= 0.6 is 11.6 Å². The fraction of sp³-hybridized carbons (Fsp3) is 0.350. The smallest absolute Gasteiger partial charge is 0.238 e. The molecule has 0 N–H and O–H groups in total. The minimum atomic E-state index is -0.618. The Morgan fingerprint density at radius 3 is 2.00 bits per heavy atom. The van der Waals surface area contributed by atoms with Crippen LogP contribution in [0, 0.1) is 5.92 Å². The van der Waals surface area contributed by atoms with Crippen LogP contribution in [0.2, 0.25) is 0 Å². The maximum absolute atomic E-state index is 13.4. The largest absolute Gasteiger partial charge is 0.342 e. The molecule has 1 unspecified atom stereocenters. The average Bonchev–Trinajstić information content (AvgIpc) is 2.89. The van der Waals surface area contributed by atoms with Crippen molar-refractivity contribution in [2.45, 2.75) is 18.8 Å². The molecular formula is C20H22ClNO. The summed E-state index contributed by atoms with van der Waals surface area (Å²) in [5.74, 6) is 0.960. The van der Waals surface area contributed by atoms with Crippen LogP contribution in [0.1, 0.15) is 24.5 Å². The fourth-order valence-electron chi connectivity index (χ4n) is 3.91. The van der Waals surface area contributed by atoms with Gasteiger partial charge in [0.2, 0.25) is 5.91 Å². The number of halogens is 1. The molecule has 1 aliphatic rings. The maximum atomic E-state index is 13.4. The highest BCUT2D eigenvalue weighted by Gasteiger charge is 2.55. The molecule has 0 saturated carbocycles. The van der Waals surface area contributed by atoms with Crippen molar-refractivity contribution < 1.29 is 4.79 Å². The molecule has 1 atom stereocenters. The van der Waals surface area contributed by atoms with Gasteiger partial charge in [-0.1, -0.05) is 60.7 Å². The first kappa shape index (κ1) is 16.1. The Kier molecular flexibility index (Phi) is 4.72. The first-order chi connectivity index (χ1) is 11.2. The lowest BCUT2D eigenvalue weighted by Gasteiger charge is -2.34. The molecule has 0 aromatic heterocycles. The minimum absolute atomic E-state index is 0.192. The number of amides is 1. The SMILES string of the molecule is CCN1CC(CCCl)C(c2ccccc2)(c2ccccc2)C1=O. The zero-order chi connectivity index (χ0) is 16.3. The Morgan fingerprint density at radius 2 is 1.57 bits per heavy atom. The van der Waals surface area contributed by atoms with Gasteiger partial charge in [0.05, 0.1) is 0 Å². The Morgan fingerprint density at radius 1 is 1.04 bits per heavy atom. The van der Waals surface area contributed by atoms with E-state index in [2.05, 4.69) is 24.3 Å². The van der Waals surface area contributed by atoms with Crippen molar-refractivity contribution in [1.82, 2.24) is 4.90 Å². The van der Waals surface area contributed by atoms with Gasteiger partial charge in [-0.3, -0.25) is 4.79 Å². The number of likely N-dealkylation sites (N-methyl/N-ethyl adjacent to an activating group) is 1. The van der Waals surface area contributed by atoms with E-state index in [0.717, 1.165) is 30.6 Å². The Bertz CT molecular complexity index is 616. The molecule has 0 aliphatic carbocycles. The first-order valence-electron chi connectivity index (χ1n) is 8.21. The summed E-state index contributed by atoms with van der Waals surface area (Å²) in [4.78, 5) is 15.4. The van der Waals surface area contributed by atoms with E-state index >= 15 is 0 Å². The molecule has 3 rings (SSSR count). The predicted molar refractivity (Wildman–Crippen MR) is 94.7 cm³/mol. The molecule has 0 radical (unpaired) electrons. The summed E-state index contributed by atoms with van der Waals surface area (Å²) in [6.07, 6.45) is 0.827. The molecule has 1 fully saturated rings. The molecule has 0 spiro atoms. The summed E-state index contributed by atoms with van der Waals surface area (Å²) < 4.78 is 0. The molecular weight excluding hydrogens is 306 g/mol. The highest BCUT2D eigenvalue weighted by molar-refractivity contribution is 6.17. The van der Waals surface area contributed by atoms with Gasteiger partial charge in [-0.25, -0.2) is 0 Å². The van der Waals surface area contributed by atoms with Crippen LogP contribution in [0.4, 0.5) is 0 Å². The van der Waals surface area contributed by atoms with E-state index in [0.29, 0.717) is 5.88 Å². The van der Waals surface area contributed by atoms with E-state index in [1.54, 1.807) is 0 Å². The van der Waals surface area contributed by atoms with E-state index in [1.807, 2.05) is 48.2 Å². The van der Waals surface area contributed by atoms with Crippen LogP contribution in [0.25, 0.3) is 0 Å². The zero-order valence-corrected chi connectivity index (χ0v) is 14.2. The molecule has 1 saturated heterocycles. The van der Waals surface area contributed by atoms with Gasteiger partial charge in [0.25, 0.3) is 0 Å². The van der Waals surface area contributed by atoms with Crippen LogP contribution in [0.15, 0.2) is 60.7 Å². The highest BCUT2D eigenvalue weighted by Crippen LogP contribution is 2.47. The summed E-state index contributed by atoms with van der Waals surface area (Å²) in [5.41, 5.74) is 1.53. The number of benzene rings is 2. The van der Waals surface area contributed by atoms with Gasteiger partial charge in [-0.2, -0.15) is 0 Å². The van der Waals surface area contributed by atoms with E-state index in [-0.39, 0.29) is 11.8 Å². The summed E-state index contributed by atoms with van der Waals surface area (Å²) in [5, 5.41) is 0. The van der Waals surface area contributed by atoms with Gasteiger partial charge in [0.1, 0.15) is 5.41 Å². The number of hydrogen-bond acceptors (Lipinski definition) is 1. The Hall–Kier alpha value is -1.80. The van der Waals surface area contributed by atoms with Gasteiger partial charge in [-0.05, 0) is 24.5 Å². The second-order valence-electron chi connectivity index (χ2n) is 6.06. The minimum Gasteiger partial charge on any atom is -0.342 e. The summed E-state index contributed by atoms with van der Waals surface area (Å²) in [7, 11) is 0. The van der Waals surface area contributed by atoms with Crippen molar-refractivity contribution in [2.24, 2.45) is 5.92 Å². The van der Waals surface area contributed by atoms with Crippen LogP contribution in [-0.2, 0) is 10.2 Å². The summed E-state index contributed by atoms with van der Waals surface area (Å²) in [6, 6.07) is 20.3. The number of nitrogens with zero attached hydrogens (tertiary/aromatic N) is 1. The molecule has 2 aromatic rings. The van der Waals surface area contributed by atoms with Crippen molar-refractivity contribution in [3.8, 4) is 0 Å². The Balaban J connectivity index is 2.24. The lowest BCUT2D eigenvalue weighted by atomic mass is 9.66. The molecule has 23 heavy (non-hydrogen) atoms. The number of carbonyl (C=O) groups is 1. The molecule has 0 bridgehead atoms. The van der Waals surface area contributed by atoms with Crippen LogP contribution in [0.5, 0.6) is 0 Å². The van der Waals surface area contributed by atoms with E-state index in [4.69, 9.17) is 11.6 Å². The van der Waals surface area contributed by atoms with E-state index < -0.39 is 5.41 Å². The molecule has 3 heteroatoms. The van der Waals surface area contributed by atoms with Crippen molar-refractivity contribution in [3.63, 3.8) is 0 Å². The van der Waals surface area contributed by atoms with Gasteiger partial charge in [0.15, 0.2) is 0 Å². The van der Waals surface area contributed by atoms with Gasteiger partial charge in [0, 0.05) is 24.9 Å². The van der Waals surface area contributed by atoms with Crippen LogP contribution in [-0.4, -0.2) is 29.8 Å². The third-order valence-electron chi connectivity index (χ3n) is 4.98. The lowest BCUT2D eigenvalue weighted by Crippen LogP contribution is -2.42. The molecule has 2 nitrogen and oxygen atoms in total. The quantitative estimate of drug-likeness (QED) is 0.758. The van der Waals surface area contributed by atoms with Gasteiger partial charge < -0.3 is 4.90 Å². The third-order valence-corrected chi connectivity index (χ3v) is 5.19. The highest BCUT2D eigenvalue weighted by atomic mass is 35.5. The van der Waals surface area contributed by atoms with Gasteiger partial charge in [-0.15, -0.1) is 11.6 Å². The average molecular weight is 328 g/mol. The van der Waals surface area contributed by atoms with Crippen LogP contribution < -0.4 is 0 Å². The predicted octanol–water partition coefficient (Wildman–Crippen LogP) is 4.08. The number of carbonyl (C=O) groups excluding carboxylic acids is 1. The lowest BCUT2D eigenvalue weighted by molar-refractivity contribution is -0.131. The first-order valence-corrected chi connectivity index (χ1v) is 8.75. The van der Waals surface area contributed by atoms with Gasteiger partial charge >= 0.3 is 0 Å². The second-order valence-corrected chi connectivity index (χ2v) is 6.44. The second kappa shape index (κ2) is 6.76. The fourth-order valence-corrected chi connectivity index (χ4v) is 4.17. The Labute approximate surface area is 143 Å². The summed E-state index contributed by atoms with van der Waals surface area (Å²) in [6.45, 7) is 3.55. The van der Waals surface area contributed by atoms with Crippen molar-refractivity contribution in [2.75, 3.05) is 19.0 Å². The molecule has 120 valence electrons. The van der Waals surface area contributed by atoms with E-state index in [1.165, 1.54) is 0 Å². The monoisotopic (exact) mass is 327 g/mol. The molecule has 1 heterocycles. The number of rotatable bonds is 5. The van der Waals surface area contributed by atoms with Crippen LogP contribution in [0.3, 0.4) is 0 Å². The standard InChI is InChI=1S/C20H22ClNO/c1-2-22-15-18(13-14-21)20(19(22)23,16-9-5-3-6-10-16)17-11-7-4-8-12-17/h3-12,18H,2,13-15H2,1H3. The topological polar surface area (TPSA) is 20.3 Å². The number of alkyl halides is 1. The third kappa shape index (κ3) is 2.55. The van der Waals surface area contributed by atoms with Crippen molar-refractivity contribution in [1.29, 1.82) is 0 Å². The molecule has 1 aliphatic heterocycles. The summed E-state index contributed by atoms with van der Waals surface area (Å²) >= 11 is 6.09. The molecule has 1 amide bonds. The van der Waals surface area contributed by atoms with E-state index in [9.17, 15) is 4.79 Å². The number of likely N-dealkylation sites (tertiary alicyclic amines) is 1. The number of hydrogen-bond donors (Lipinski definition) is 0. The molecule has 2 aromatic carbocycles. The maximum Gasteiger partial charge on any atom is 0.238 e. The zero-order valence-electron chi connectivity index (χ0n) is 13.4. The normalized spacial score (nSPS) is 20.0. The van der Waals surface area contributed by atoms with Crippen molar-refractivity contribution >= 4 is 17.5 Å².